The maximum atomic E-state index is 11.4. The molecule has 0 aromatic carbocycles. The summed E-state index contributed by atoms with van der Waals surface area (Å²) >= 11 is 0. The van der Waals surface area contributed by atoms with Crippen LogP contribution in [0.1, 0.15) is 12.8 Å². The Hall–Kier alpha value is -1.32. The molecule has 0 bridgehead atoms. The molecular formula is C9H13N3O. The van der Waals surface area contributed by atoms with Gasteiger partial charge >= 0.3 is 0 Å². The van der Waals surface area contributed by atoms with Gasteiger partial charge in [-0.3, -0.25) is 4.79 Å². The van der Waals surface area contributed by atoms with E-state index in [4.69, 9.17) is 0 Å². The zero-order valence-electron chi connectivity index (χ0n) is 7.66. The normalized spacial score (nSPS) is 15.8. The van der Waals surface area contributed by atoms with E-state index in [1.807, 2.05) is 0 Å². The molecule has 2 rings (SSSR count). The van der Waals surface area contributed by atoms with Crippen molar-refractivity contribution in [3.63, 3.8) is 0 Å². The number of aromatic nitrogens is 2. The second-order valence-electron chi connectivity index (χ2n) is 3.52. The van der Waals surface area contributed by atoms with Crippen molar-refractivity contribution >= 4 is 5.82 Å². The minimum Gasteiger partial charge on any atom is -0.365 e. The van der Waals surface area contributed by atoms with Gasteiger partial charge in [-0.2, -0.15) is 0 Å². The summed E-state index contributed by atoms with van der Waals surface area (Å²) in [6.45, 7) is 0.881. The van der Waals surface area contributed by atoms with E-state index in [9.17, 15) is 4.79 Å². The van der Waals surface area contributed by atoms with Crippen molar-refractivity contribution in [2.75, 3.05) is 11.9 Å². The lowest BCUT2D eigenvalue weighted by atomic mass is 10.4. The Morgan fingerprint density at radius 1 is 1.69 bits per heavy atom. The first-order chi connectivity index (χ1) is 6.27. The van der Waals surface area contributed by atoms with Gasteiger partial charge in [-0.05, 0) is 18.8 Å². The van der Waals surface area contributed by atoms with Gasteiger partial charge in [-0.25, -0.2) is 4.98 Å². The van der Waals surface area contributed by atoms with Crippen molar-refractivity contribution in [1.82, 2.24) is 9.55 Å². The van der Waals surface area contributed by atoms with Crippen LogP contribution in [-0.4, -0.2) is 16.1 Å². The SMILES string of the molecule is Cn1ccnc(NCC2CC2)c1=O. The Morgan fingerprint density at radius 3 is 3.15 bits per heavy atom. The van der Waals surface area contributed by atoms with Crippen molar-refractivity contribution < 1.29 is 0 Å². The van der Waals surface area contributed by atoms with Crippen molar-refractivity contribution in [1.29, 1.82) is 0 Å². The molecule has 70 valence electrons. The molecule has 0 spiro atoms. The highest BCUT2D eigenvalue weighted by Gasteiger charge is 2.21. The van der Waals surface area contributed by atoms with Crippen LogP contribution >= 0.6 is 0 Å². The molecule has 0 unspecified atom stereocenters. The molecule has 1 saturated carbocycles. The van der Waals surface area contributed by atoms with Gasteiger partial charge in [0.25, 0.3) is 5.56 Å². The summed E-state index contributed by atoms with van der Waals surface area (Å²) in [6, 6.07) is 0. The zero-order chi connectivity index (χ0) is 9.26. The summed E-state index contributed by atoms with van der Waals surface area (Å²) in [5, 5.41) is 3.07. The molecular weight excluding hydrogens is 166 g/mol. The molecule has 1 aliphatic carbocycles. The van der Waals surface area contributed by atoms with E-state index in [1.54, 1.807) is 19.4 Å². The van der Waals surface area contributed by atoms with E-state index in [0.29, 0.717) is 5.82 Å². The van der Waals surface area contributed by atoms with Crippen LogP contribution in [0.25, 0.3) is 0 Å². The number of rotatable bonds is 3. The third-order valence-corrected chi connectivity index (χ3v) is 2.27. The molecule has 0 amide bonds. The van der Waals surface area contributed by atoms with Gasteiger partial charge in [-0.15, -0.1) is 0 Å². The summed E-state index contributed by atoms with van der Waals surface area (Å²) < 4.78 is 1.53. The average Bonchev–Trinajstić information content (AvgIpc) is 2.91. The quantitative estimate of drug-likeness (QED) is 0.739. The highest BCUT2D eigenvalue weighted by Crippen LogP contribution is 2.28. The maximum absolute atomic E-state index is 11.4. The van der Waals surface area contributed by atoms with Crippen molar-refractivity contribution in [2.24, 2.45) is 13.0 Å². The number of aryl methyl sites for hydroxylation is 1. The number of hydrogen-bond acceptors (Lipinski definition) is 3. The predicted octanol–water partition coefficient (Wildman–Crippen LogP) is 0.602. The molecule has 1 aliphatic rings. The Bertz CT molecular complexity index is 354. The standard InChI is InChI=1S/C9H13N3O/c1-12-5-4-10-8(9(12)13)11-6-7-2-3-7/h4-5,7H,2-3,6H2,1H3,(H,10,11). The number of hydrogen-bond donors (Lipinski definition) is 1. The molecule has 0 saturated heterocycles. The Morgan fingerprint density at radius 2 is 2.46 bits per heavy atom. The van der Waals surface area contributed by atoms with Gasteiger partial charge in [0.05, 0.1) is 0 Å². The molecule has 1 aromatic rings. The summed E-state index contributed by atoms with van der Waals surface area (Å²) in [5.41, 5.74) is -0.0526. The van der Waals surface area contributed by atoms with E-state index >= 15 is 0 Å². The van der Waals surface area contributed by atoms with Crippen LogP contribution in [0.3, 0.4) is 0 Å². The van der Waals surface area contributed by atoms with E-state index < -0.39 is 0 Å². The Labute approximate surface area is 76.6 Å². The van der Waals surface area contributed by atoms with Crippen LogP contribution in [0.2, 0.25) is 0 Å². The van der Waals surface area contributed by atoms with Gasteiger partial charge in [0.15, 0.2) is 5.82 Å². The van der Waals surface area contributed by atoms with Crippen molar-refractivity contribution in [2.45, 2.75) is 12.8 Å². The number of anilines is 1. The summed E-state index contributed by atoms with van der Waals surface area (Å²) in [5.74, 6) is 1.23. The zero-order valence-corrected chi connectivity index (χ0v) is 7.66. The van der Waals surface area contributed by atoms with Crippen LogP contribution in [0.4, 0.5) is 5.82 Å². The first-order valence-electron chi connectivity index (χ1n) is 4.53. The molecule has 1 heterocycles. The van der Waals surface area contributed by atoms with Gasteiger partial charge in [0, 0.05) is 26.0 Å². The predicted molar refractivity (Wildman–Crippen MR) is 50.7 cm³/mol. The Kier molecular flexibility index (Phi) is 2.04. The fourth-order valence-corrected chi connectivity index (χ4v) is 1.18. The highest BCUT2D eigenvalue weighted by molar-refractivity contribution is 5.30. The number of nitrogens with one attached hydrogen (secondary N) is 1. The minimum atomic E-state index is -0.0526. The monoisotopic (exact) mass is 179 g/mol. The van der Waals surface area contributed by atoms with E-state index in [0.717, 1.165) is 12.5 Å². The van der Waals surface area contributed by atoms with Crippen LogP contribution in [0.5, 0.6) is 0 Å². The van der Waals surface area contributed by atoms with Gasteiger partial charge < -0.3 is 9.88 Å². The fourth-order valence-electron chi connectivity index (χ4n) is 1.18. The molecule has 4 heteroatoms. The number of nitrogens with zero attached hydrogens (tertiary/aromatic N) is 2. The van der Waals surface area contributed by atoms with Crippen molar-refractivity contribution in [3.8, 4) is 0 Å². The second kappa shape index (κ2) is 3.20. The lowest BCUT2D eigenvalue weighted by molar-refractivity contribution is 0.824. The third-order valence-electron chi connectivity index (χ3n) is 2.27. The molecule has 0 aliphatic heterocycles. The fraction of sp³-hybridized carbons (Fsp3) is 0.556. The topological polar surface area (TPSA) is 46.9 Å². The lowest BCUT2D eigenvalue weighted by Crippen LogP contribution is -2.22. The minimum absolute atomic E-state index is 0.0526. The van der Waals surface area contributed by atoms with E-state index in [1.165, 1.54) is 17.4 Å². The van der Waals surface area contributed by atoms with Crippen LogP contribution in [0, 0.1) is 5.92 Å². The molecule has 13 heavy (non-hydrogen) atoms. The largest absolute Gasteiger partial charge is 0.365 e. The van der Waals surface area contributed by atoms with Crippen LogP contribution < -0.4 is 10.9 Å². The molecule has 1 N–H and O–H groups in total. The average molecular weight is 179 g/mol. The molecule has 4 nitrogen and oxygen atoms in total. The highest BCUT2D eigenvalue weighted by atomic mass is 16.1. The van der Waals surface area contributed by atoms with Gasteiger partial charge in [-0.1, -0.05) is 0 Å². The van der Waals surface area contributed by atoms with Gasteiger partial charge in [0.2, 0.25) is 0 Å². The van der Waals surface area contributed by atoms with E-state index in [2.05, 4.69) is 10.3 Å². The first-order valence-corrected chi connectivity index (χ1v) is 4.53. The van der Waals surface area contributed by atoms with Crippen LogP contribution in [0.15, 0.2) is 17.2 Å². The summed E-state index contributed by atoms with van der Waals surface area (Å²) in [6.07, 6.45) is 5.85. The first kappa shape index (κ1) is 8.29. The summed E-state index contributed by atoms with van der Waals surface area (Å²) in [4.78, 5) is 15.4. The Balaban J connectivity index is 2.09. The maximum Gasteiger partial charge on any atom is 0.293 e. The molecule has 0 radical (unpaired) electrons. The summed E-state index contributed by atoms with van der Waals surface area (Å²) in [7, 11) is 1.73. The van der Waals surface area contributed by atoms with Crippen LogP contribution in [-0.2, 0) is 7.05 Å². The molecule has 1 aromatic heterocycles. The molecule has 1 fully saturated rings. The van der Waals surface area contributed by atoms with Crippen molar-refractivity contribution in [3.05, 3.63) is 22.7 Å². The third kappa shape index (κ3) is 1.88. The smallest absolute Gasteiger partial charge is 0.293 e. The second-order valence-corrected chi connectivity index (χ2v) is 3.52. The van der Waals surface area contributed by atoms with E-state index in [-0.39, 0.29) is 5.56 Å². The lowest BCUT2D eigenvalue weighted by Gasteiger charge is -2.03. The van der Waals surface area contributed by atoms with Gasteiger partial charge in [0.1, 0.15) is 0 Å². The molecule has 0 atom stereocenters.